The van der Waals surface area contributed by atoms with E-state index in [4.69, 9.17) is 5.11 Å². The average Bonchev–Trinajstić information content (AvgIpc) is 3.23. The number of rotatable bonds is 11. The zero-order valence-electron chi connectivity index (χ0n) is 20.3. The molecule has 2 aromatic rings. The van der Waals surface area contributed by atoms with E-state index in [1.165, 1.54) is 11.1 Å². The lowest BCUT2D eigenvalue weighted by Crippen LogP contribution is -2.36. The van der Waals surface area contributed by atoms with Gasteiger partial charge in [-0.2, -0.15) is 0 Å². The number of carboxylic acids is 1. The number of carbonyl (C=O) groups excluding carboxylic acids is 1. The molecule has 0 saturated heterocycles. The molecule has 0 bridgehead atoms. The molecule has 1 aliphatic heterocycles. The fourth-order valence-corrected chi connectivity index (χ4v) is 4.29. The second-order valence-corrected chi connectivity index (χ2v) is 10.2. The molecule has 0 radical (unpaired) electrons. The van der Waals surface area contributed by atoms with Gasteiger partial charge in [-0.3, -0.25) is 9.59 Å². The van der Waals surface area contributed by atoms with E-state index in [0.717, 1.165) is 13.0 Å². The molecule has 186 valence electrons. The van der Waals surface area contributed by atoms with Crippen LogP contribution in [0.3, 0.4) is 0 Å². The third-order valence-electron chi connectivity index (χ3n) is 5.94. The van der Waals surface area contributed by atoms with Crippen molar-refractivity contribution in [2.45, 2.75) is 78.1 Å². The summed E-state index contributed by atoms with van der Waals surface area (Å²) >= 11 is 0. The molecule has 1 aromatic carbocycles. The van der Waals surface area contributed by atoms with E-state index in [0.29, 0.717) is 38.2 Å². The van der Waals surface area contributed by atoms with E-state index in [1.54, 1.807) is 4.68 Å². The van der Waals surface area contributed by atoms with E-state index in [9.17, 15) is 14.7 Å². The second kappa shape index (κ2) is 11.5. The smallest absolute Gasteiger partial charge is 0.306 e. The Balaban J connectivity index is 1.57. The second-order valence-electron chi connectivity index (χ2n) is 10.2. The summed E-state index contributed by atoms with van der Waals surface area (Å²) in [6.07, 6.45) is 1.27. The molecule has 34 heavy (non-hydrogen) atoms. The molecular formula is C24H36N6O4. The van der Waals surface area contributed by atoms with Crippen molar-refractivity contribution in [3.63, 3.8) is 0 Å². The lowest BCUT2D eigenvalue weighted by molar-refractivity contribution is -0.139. The Morgan fingerprint density at radius 2 is 1.94 bits per heavy atom. The van der Waals surface area contributed by atoms with E-state index >= 15 is 0 Å². The van der Waals surface area contributed by atoms with Crippen LogP contribution in [-0.2, 0) is 29.1 Å². The Morgan fingerprint density at radius 1 is 1.21 bits per heavy atom. The number of aliphatic carboxylic acids is 1. The molecule has 2 atom stereocenters. The van der Waals surface area contributed by atoms with Gasteiger partial charge in [-0.05, 0) is 46.2 Å². The zero-order chi connectivity index (χ0) is 24.7. The Morgan fingerprint density at radius 3 is 2.65 bits per heavy atom. The van der Waals surface area contributed by atoms with Gasteiger partial charge >= 0.3 is 5.97 Å². The minimum absolute atomic E-state index is 0.0489. The molecule has 0 saturated carbocycles. The number of amides is 1. The summed E-state index contributed by atoms with van der Waals surface area (Å²) in [4.78, 5) is 25.6. The summed E-state index contributed by atoms with van der Waals surface area (Å²) in [6.45, 7) is 8.30. The van der Waals surface area contributed by atoms with Gasteiger partial charge in [0.2, 0.25) is 5.91 Å². The van der Waals surface area contributed by atoms with Gasteiger partial charge in [-0.1, -0.05) is 45.0 Å². The first-order chi connectivity index (χ1) is 16.1. The fraction of sp³-hybridized carbons (Fsp3) is 0.625. The number of aromatic nitrogens is 4. The molecule has 10 nitrogen and oxygen atoms in total. The van der Waals surface area contributed by atoms with Crippen molar-refractivity contribution < 1.29 is 19.8 Å². The van der Waals surface area contributed by atoms with E-state index in [-0.39, 0.29) is 30.3 Å². The van der Waals surface area contributed by atoms with Gasteiger partial charge < -0.3 is 20.4 Å². The van der Waals surface area contributed by atoms with Crippen LogP contribution in [0, 0.1) is 5.41 Å². The number of benzene rings is 1. The highest BCUT2D eigenvalue weighted by Crippen LogP contribution is 2.28. The molecule has 3 N–H and O–H groups in total. The molecule has 0 aliphatic carbocycles. The van der Waals surface area contributed by atoms with Crippen molar-refractivity contribution in [2.75, 3.05) is 13.1 Å². The highest BCUT2D eigenvalue weighted by atomic mass is 16.4. The Kier molecular flexibility index (Phi) is 8.73. The van der Waals surface area contributed by atoms with Crippen LogP contribution in [0.1, 0.15) is 69.4 Å². The summed E-state index contributed by atoms with van der Waals surface area (Å²) < 4.78 is 1.70. The summed E-state index contributed by atoms with van der Waals surface area (Å²) in [7, 11) is 0. The first kappa shape index (κ1) is 25.8. The largest absolute Gasteiger partial charge is 0.481 e. The molecule has 1 aromatic heterocycles. The van der Waals surface area contributed by atoms with Crippen molar-refractivity contribution in [2.24, 2.45) is 5.41 Å². The Labute approximate surface area is 200 Å². The number of aliphatic hydroxyl groups excluding tert-OH is 1. The van der Waals surface area contributed by atoms with Crippen LogP contribution < -0.4 is 5.32 Å². The van der Waals surface area contributed by atoms with Gasteiger partial charge in [-0.15, -0.1) is 5.10 Å². The number of hydrogen-bond donors (Lipinski definition) is 3. The van der Waals surface area contributed by atoms with Crippen LogP contribution in [0.5, 0.6) is 0 Å². The number of nitrogens with zero attached hydrogens (tertiary/aromatic N) is 5. The van der Waals surface area contributed by atoms with Crippen LogP contribution in [0.15, 0.2) is 24.3 Å². The van der Waals surface area contributed by atoms with Gasteiger partial charge in [0.05, 0.1) is 18.6 Å². The quantitative estimate of drug-likeness (QED) is 0.452. The lowest BCUT2D eigenvalue weighted by atomic mass is 9.87. The minimum Gasteiger partial charge on any atom is -0.481 e. The number of nitrogens with one attached hydrogen (secondary N) is 1. The average molecular weight is 473 g/mol. The van der Waals surface area contributed by atoms with E-state index < -0.39 is 12.1 Å². The number of aryl methyl sites for hydroxylation is 1. The van der Waals surface area contributed by atoms with Crippen LogP contribution in [-0.4, -0.2) is 66.4 Å². The number of aliphatic hydroxyl groups is 1. The number of tetrazole rings is 1. The third-order valence-corrected chi connectivity index (χ3v) is 5.94. The molecule has 2 heterocycles. The SMILES string of the molecule is CC(C)(C)C[C@@H](NCC(O)CC(=O)O)c1nnnn1CCCC(=O)N1CCc2ccccc2C1. The number of hydrogen-bond acceptors (Lipinski definition) is 7. The summed E-state index contributed by atoms with van der Waals surface area (Å²) in [6, 6.07) is 7.99. The van der Waals surface area contributed by atoms with Gasteiger partial charge in [-0.25, -0.2) is 4.68 Å². The van der Waals surface area contributed by atoms with Gasteiger partial charge in [0.25, 0.3) is 0 Å². The fourth-order valence-electron chi connectivity index (χ4n) is 4.29. The normalized spacial score (nSPS) is 15.6. The van der Waals surface area contributed by atoms with Crippen molar-refractivity contribution >= 4 is 11.9 Å². The predicted octanol–water partition coefficient (Wildman–Crippen LogP) is 1.94. The van der Waals surface area contributed by atoms with Crippen molar-refractivity contribution in [1.29, 1.82) is 0 Å². The first-order valence-corrected chi connectivity index (χ1v) is 11.9. The molecule has 10 heteroatoms. The predicted molar refractivity (Wildman–Crippen MR) is 126 cm³/mol. The topological polar surface area (TPSA) is 133 Å². The number of carbonyl (C=O) groups is 2. The van der Waals surface area contributed by atoms with Gasteiger partial charge in [0.1, 0.15) is 0 Å². The number of carboxylic acid groups (broad SMARTS) is 1. The summed E-state index contributed by atoms with van der Waals surface area (Å²) in [5.74, 6) is -0.296. The Bertz CT molecular complexity index is 970. The van der Waals surface area contributed by atoms with Gasteiger partial charge in [0, 0.05) is 32.6 Å². The maximum atomic E-state index is 12.8. The molecule has 0 fully saturated rings. The molecule has 1 amide bonds. The summed E-state index contributed by atoms with van der Waals surface area (Å²) in [5.41, 5.74) is 2.48. The summed E-state index contributed by atoms with van der Waals surface area (Å²) in [5, 5.41) is 34.2. The van der Waals surface area contributed by atoms with Crippen LogP contribution in [0.2, 0.25) is 0 Å². The minimum atomic E-state index is -1.05. The van der Waals surface area contributed by atoms with Crippen molar-refractivity contribution in [3.05, 3.63) is 41.2 Å². The Hall–Kier alpha value is -2.85. The van der Waals surface area contributed by atoms with Gasteiger partial charge in [0.15, 0.2) is 5.82 Å². The van der Waals surface area contributed by atoms with Crippen LogP contribution in [0.4, 0.5) is 0 Å². The molecule has 0 spiro atoms. The van der Waals surface area contributed by atoms with E-state index in [1.807, 2.05) is 17.0 Å². The third kappa shape index (κ3) is 7.59. The van der Waals surface area contributed by atoms with E-state index in [2.05, 4.69) is 53.7 Å². The van der Waals surface area contributed by atoms with Crippen molar-refractivity contribution in [1.82, 2.24) is 30.4 Å². The molecule has 1 unspecified atom stereocenters. The highest BCUT2D eigenvalue weighted by Gasteiger charge is 2.26. The van der Waals surface area contributed by atoms with Crippen molar-refractivity contribution in [3.8, 4) is 0 Å². The zero-order valence-corrected chi connectivity index (χ0v) is 20.3. The monoisotopic (exact) mass is 472 g/mol. The maximum absolute atomic E-state index is 12.8. The first-order valence-electron chi connectivity index (χ1n) is 11.9. The molecule has 1 aliphatic rings. The lowest BCUT2D eigenvalue weighted by Gasteiger charge is -2.29. The number of fused-ring (bicyclic) bond motifs is 1. The maximum Gasteiger partial charge on any atom is 0.306 e. The standard InChI is InChI=1S/C24H36N6O4/c1-24(2,3)14-20(25-15-19(31)13-22(33)34)23-26-27-28-30(23)11-6-9-21(32)29-12-10-17-7-4-5-8-18(17)16-29/h4-5,7-8,19-20,25,31H,6,9-16H2,1-3H3,(H,33,34)/t19?,20-/m1/s1. The van der Waals surface area contributed by atoms with Crippen LogP contribution >= 0.6 is 0 Å². The highest BCUT2D eigenvalue weighted by molar-refractivity contribution is 5.76. The molecule has 3 rings (SSSR count). The molecular weight excluding hydrogens is 436 g/mol. The van der Waals surface area contributed by atoms with Crippen LogP contribution in [0.25, 0.3) is 0 Å².